The number of hydrogen-bond donors (Lipinski definition) is 2. The highest BCUT2D eigenvalue weighted by Crippen LogP contribution is 1.97. The van der Waals surface area contributed by atoms with E-state index in [9.17, 15) is 14.4 Å². The van der Waals surface area contributed by atoms with E-state index in [0.29, 0.717) is 12.8 Å². The van der Waals surface area contributed by atoms with Gasteiger partial charge in [-0.2, -0.15) is 0 Å². The van der Waals surface area contributed by atoms with E-state index in [4.69, 9.17) is 5.11 Å². The molecule has 0 heterocycles. The first kappa shape index (κ1) is 14.4. The van der Waals surface area contributed by atoms with Gasteiger partial charge in [-0.1, -0.05) is 13.3 Å². The van der Waals surface area contributed by atoms with Gasteiger partial charge in [-0.05, 0) is 6.42 Å². The van der Waals surface area contributed by atoms with Crippen molar-refractivity contribution in [2.75, 3.05) is 13.6 Å². The molecule has 0 rings (SSSR count). The lowest BCUT2D eigenvalue weighted by Gasteiger charge is -2.17. The summed E-state index contributed by atoms with van der Waals surface area (Å²) in [6, 6.07) is -0.877. The maximum atomic E-state index is 11.4. The Balaban J connectivity index is 4.19. The lowest BCUT2D eigenvalue weighted by atomic mass is 10.1. The van der Waals surface area contributed by atoms with Gasteiger partial charge in [-0.25, -0.2) is 4.79 Å². The lowest BCUT2D eigenvalue weighted by Crippen LogP contribution is -2.45. The summed E-state index contributed by atoms with van der Waals surface area (Å²) >= 11 is 0. The van der Waals surface area contributed by atoms with E-state index >= 15 is 0 Å². The minimum absolute atomic E-state index is 0.122. The summed E-state index contributed by atoms with van der Waals surface area (Å²) in [6.45, 7) is 3.06. The van der Waals surface area contributed by atoms with Crippen LogP contribution in [0.2, 0.25) is 0 Å². The molecule has 0 spiro atoms. The van der Waals surface area contributed by atoms with Crippen LogP contribution in [-0.2, 0) is 14.4 Å². The second-order valence-corrected chi connectivity index (χ2v) is 3.62. The number of carbonyl (C=O) groups excluding carboxylic acids is 2. The molecule has 92 valence electrons. The van der Waals surface area contributed by atoms with E-state index < -0.39 is 17.9 Å². The zero-order valence-corrected chi connectivity index (χ0v) is 9.82. The van der Waals surface area contributed by atoms with Gasteiger partial charge in [0.25, 0.3) is 0 Å². The zero-order chi connectivity index (χ0) is 12.7. The van der Waals surface area contributed by atoms with Crippen LogP contribution in [0.25, 0.3) is 0 Å². The first-order valence-corrected chi connectivity index (χ1v) is 5.12. The Hall–Kier alpha value is -1.59. The van der Waals surface area contributed by atoms with Crippen molar-refractivity contribution in [1.29, 1.82) is 0 Å². The molecule has 16 heavy (non-hydrogen) atoms. The van der Waals surface area contributed by atoms with Crippen molar-refractivity contribution in [2.45, 2.75) is 32.7 Å². The van der Waals surface area contributed by atoms with Crippen LogP contribution in [0.3, 0.4) is 0 Å². The van der Waals surface area contributed by atoms with Gasteiger partial charge >= 0.3 is 5.97 Å². The highest BCUT2D eigenvalue weighted by atomic mass is 16.4. The van der Waals surface area contributed by atoms with E-state index in [1.807, 2.05) is 6.92 Å². The van der Waals surface area contributed by atoms with Crippen LogP contribution in [0.1, 0.15) is 26.7 Å². The van der Waals surface area contributed by atoms with Crippen molar-refractivity contribution < 1.29 is 19.5 Å². The fourth-order valence-electron chi connectivity index (χ4n) is 1.11. The van der Waals surface area contributed by atoms with Gasteiger partial charge in [0.2, 0.25) is 11.8 Å². The van der Waals surface area contributed by atoms with Crippen molar-refractivity contribution >= 4 is 17.8 Å². The van der Waals surface area contributed by atoms with Gasteiger partial charge in [-0.15, -0.1) is 0 Å². The predicted molar refractivity (Wildman–Crippen MR) is 57.8 cm³/mol. The van der Waals surface area contributed by atoms with E-state index in [1.165, 1.54) is 18.9 Å². The number of aliphatic carboxylic acids is 1. The Kier molecular flexibility index (Phi) is 6.14. The molecule has 0 fully saturated rings. The highest BCUT2D eigenvalue weighted by molar-refractivity contribution is 5.87. The third-order valence-corrected chi connectivity index (χ3v) is 2.13. The van der Waals surface area contributed by atoms with Crippen LogP contribution in [0.15, 0.2) is 0 Å². The number of nitrogens with one attached hydrogen (secondary N) is 1. The minimum Gasteiger partial charge on any atom is -0.480 e. The normalized spacial score (nSPS) is 11.7. The molecule has 0 unspecified atom stereocenters. The van der Waals surface area contributed by atoms with Gasteiger partial charge in [0.05, 0.1) is 6.54 Å². The van der Waals surface area contributed by atoms with E-state index in [-0.39, 0.29) is 12.5 Å². The molecule has 0 aliphatic rings. The zero-order valence-electron chi connectivity index (χ0n) is 9.82. The number of rotatable bonds is 6. The number of likely N-dealkylation sites (N-methyl/N-ethyl adjacent to an activating group) is 1. The molecule has 0 bridgehead atoms. The minimum atomic E-state index is -1.05. The third-order valence-electron chi connectivity index (χ3n) is 2.13. The monoisotopic (exact) mass is 230 g/mol. The maximum Gasteiger partial charge on any atom is 0.326 e. The Bertz CT molecular complexity index is 278. The topological polar surface area (TPSA) is 86.7 Å². The van der Waals surface area contributed by atoms with E-state index in [0.717, 1.165) is 0 Å². The number of hydrogen-bond acceptors (Lipinski definition) is 3. The average molecular weight is 230 g/mol. The second-order valence-electron chi connectivity index (χ2n) is 3.62. The molecule has 0 saturated heterocycles. The van der Waals surface area contributed by atoms with Crippen LogP contribution in [0.5, 0.6) is 0 Å². The number of carboxylic acids is 1. The summed E-state index contributed by atoms with van der Waals surface area (Å²) in [5, 5.41) is 11.2. The van der Waals surface area contributed by atoms with Crippen LogP contribution >= 0.6 is 0 Å². The molecular weight excluding hydrogens is 212 g/mol. The molecule has 6 heteroatoms. The third kappa shape index (κ3) is 5.33. The highest BCUT2D eigenvalue weighted by Gasteiger charge is 2.19. The summed E-state index contributed by atoms with van der Waals surface area (Å²) in [6.07, 6.45) is 1.05. The molecule has 2 N–H and O–H groups in total. The van der Waals surface area contributed by atoms with Crippen LogP contribution < -0.4 is 5.32 Å². The van der Waals surface area contributed by atoms with Crippen LogP contribution in [-0.4, -0.2) is 47.4 Å². The van der Waals surface area contributed by atoms with Gasteiger partial charge in [0.15, 0.2) is 0 Å². The van der Waals surface area contributed by atoms with Gasteiger partial charge < -0.3 is 15.3 Å². The molecule has 0 aromatic carbocycles. The van der Waals surface area contributed by atoms with Gasteiger partial charge in [0.1, 0.15) is 6.04 Å². The Morgan fingerprint density at radius 2 is 1.94 bits per heavy atom. The fourth-order valence-corrected chi connectivity index (χ4v) is 1.11. The number of nitrogens with zero attached hydrogens (tertiary/aromatic N) is 1. The first-order valence-electron chi connectivity index (χ1n) is 5.12. The molecule has 6 nitrogen and oxygen atoms in total. The summed E-state index contributed by atoms with van der Waals surface area (Å²) in [5.41, 5.74) is 0. The van der Waals surface area contributed by atoms with Crippen molar-refractivity contribution in [2.24, 2.45) is 0 Å². The summed E-state index contributed by atoms with van der Waals surface area (Å²) in [4.78, 5) is 34.2. The SMILES string of the molecule is CCC[C@H](NC(=O)CN(C)C(C)=O)C(=O)O. The molecule has 0 aliphatic heterocycles. The predicted octanol–water partition coefficient (Wildman–Crippen LogP) is -0.166. The molecular formula is C10H18N2O4. The Morgan fingerprint density at radius 3 is 2.31 bits per heavy atom. The summed E-state index contributed by atoms with van der Waals surface area (Å²) < 4.78 is 0. The molecule has 1 atom stereocenters. The number of carbonyl (C=O) groups is 3. The summed E-state index contributed by atoms with van der Waals surface area (Å²) in [7, 11) is 1.48. The first-order chi connectivity index (χ1) is 7.38. The number of amides is 2. The van der Waals surface area contributed by atoms with Crippen LogP contribution in [0, 0.1) is 0 Å². The quantitative estimate of drug-likeness (QED) is 0.663. The maximum absolute atomic E-state index is 11.4. The molecule has 2 amide bonds. The van der Waals surface area contributed by atoms with Crippen molar-refractivity contribution in [3.05, 3.63) is 0 Å². The Labute approximate surface area is 94.6 Å². The van der Waals surface area contributed by atoms with Crippen molar-refractivity contribution in [3.8, 4) is 0 Å². The van der Waals surface area contributed by atoms with E-state index in [1.54, 1.807) is 0 Å². The average Bonchev–Trinajstić information content (AvgIpc) is 2.16. The molecule has 0 aromatic rings. The molecule has 0 radical (unpaired) electrons. The summed E-state index contributed by atoms with van der Waals surface area (Å²) in [5.74, 6) is -1.75. The van der Waals surface area contributed by atoms with Gasteiger partial charge in [0, 0.05) is 14.0 Å². The Morgan fingerprint density at radius 1 is 1.38 bits per heavy atom. The van der Waals surface area contributed by atoms with Crippen LogP contribution in [0.4, 0.5) is 0 Å². The van der Waals surface area contributed by atoms with E-state index in [2.05, 4.69) is 5.32 Å². The largest absolute Gasteiger partial charge is 0.480 e. The van der Waals surface area contributed by atoms with Crippen molar-refractivity contribution in [3.63, 3.8) is 0 Å². The molecule has 0 aliphatic carbocycles. The lowest BCUT2D eigenvalue weighted by molar-refractivity contribution is -0.142. The standard InChI is InChI=1S/C10H18N2O4/c1-4-5-8(10(15)16)11-9(14)6-12(3)7(2)13/h8H,4-6H2,1-3H3,(H,11,14)(H,15,16)/t8-/m0/s1. The molecule has 0 aromatic heterocycles. The van der Waals surface area contributed by atoms with Gasteiger partial charge in [-0.3, -0.25) is 9.59 Å². The second kappa shape index (κ2) is 6.81. The fraction of sp³-hybridized carbons (Fsp3) is 0.700. The van der Waals surface area contributed by atoms with Crippen molar-refractivity contribution in [1.82, 2.24) is 10.2 Å². The smallest absolute Gasteiger partial charge is 0.326 e. The molecule has 0 saturated carbocycles. The number of carboxylic acid groups (broad SMARTS) is 1.